The fourth-order valence-corrected chi connectivity index (χ4v) is 3.09. The van der Waals surface area contributed by atoms with Gasteiger partial charge >= 0.3 is 0 Å². The number of methoxy groups -OCH3 is 2. The smallest absolute Gasteiger partial charge is 0.254 e. The van der Waals surface area contributed by atoms with Crippen LogP contribution in [0.1, 0.15) is 30.1 Å². The van der Waals surface area contributed by atoms with Gasteiger partial charge in [-0.2, -0.15) is 0 Å². The van der Waals surface area contributed by atoms with Crippen molar-refractivity contribution in [1.29, 1.82) is 0 Å². The number of benzene rings is 1. The van der Waals surface area contributed by atoms with Gasteiger partial charge in [-0.25, -0.2) is 0 Å². The molecule has 0 aromatic heterocycles. The number of hydrogen-bond donors (Lipinski definition) is 2. The summed E-state index contributed by atoms with van der Waals surface area (Å²) in [6.07, 6.45) is 1.97. The third kappa shape index (κ3) is 3.79. The Labute approximate surface area is 142 Å². The minimum atomic E-state index is -0.241. The predicted octanol–water partition coefficient (Wildman–Crippen LogP) is 1.49. The van der Waals surface area contributed by atoms with Crippen molar-refractivity contribution < 1.29 is 19.1 Å². The van der Waals surface area contributed by atoms with Gasteiger partial charge in [-0.05, 0) is 32.0 Å². The number of likely N-dealkylation sites (tertiary alicyclic amines) is 1. The Morgan fingerprint density at radius 1 is 1.29 bits per heavy atom. The molecule has 1 heterocycles. The molecule has 0 bridgehead atoms. The molecule has 1 aliphatic rings. The van der Waals surface area contributed by atoms with Crippen molar-refractivity contribution >= 4 is 17.5 Å². The lowest BCUT2D eigenvalue weighted by molar-refractivity contribution is -0.114. The van der Waals surface area contributed by atoms with Crippen LogP contribution >= 0.6 is 0 Å². The van der Waals surface area contributed by atoms with E-state index in [1.807, 2.05) is 11.9 Å². The van der Waals surface area contributed by atoms with Crippen LogP contribution in [-0.2, 0) is 4.79 Å². The first-order valence-corrected chi connectivity index (χ1v) is 8.01. The van der Waals surface area contributed by atoms with Crippen molar-refractivity contribution in [3.63, 3.8) is 0 Å². The van der Waals surface area contributed by atoms with Gasteiger partial charge in [-0.3, -0.25) is 9.59 Å². The van der Waals surface area contributed by atoms with Crippen LogP contribution < -0.4 is 20.1 Å². The van der Waals surface area contributed by atoms with Crippen LogP contribution in [0.25, 0.3) is 0 Å². The number of nitrogens with zero attached hydrogens (tertiary/aromatic N) is 1. The average molecular weight is 335 g/mol. The van der Waals surface area contributed by atoms with Gasteiger partial charge in [0.2, 0.25) is 5.91 Å². The summed E-state index contributed by atoms with van der Waals surface area (Å²) >= 11 is 0. The zero-order valence-corrected chi connectivity index (χ0v) is 14.6. The maximum atomic E-state index is 12.9. The molecule has 0 spiro atoms. The van der Waals surface area contributed by atoms with E-state index in [-0.39, 0.29) is 17.9 Å². The Hall–Kier alpha value is -2.28. The van der Waals surface area contributed by atoms with E-state index in [0.29, 0.717) is 22.7 Å². The standard InChI is InChI=1S/C17H25N3O4/c1-11(21)19-14-8-12(9-15(23-3)16(14)24-4)17(22)20-7-5-6-13(20)10-18-2/h8-9,13,18H,5-7,10H2,1-4H3,(H,19,21). The molecule has 2 rings (SSSR count). The zero-order valence-electron chi connectivity index (χ0n) is 14.6. The van der Waals surface area contributed by atoms with Gasteiger partial charge in [0.15, 0.2) is 11.5 Å². The number of ether oxygens (including phenoxy) is 2. The van der Waals surface area contributed by atoms with Crippen molar-refractivity contribution in [3.8, 4) is 11.5 Å². The van der Waals surface area contributed by atoms with E-state index in [1.54, 1.807) is 12.1 Å². The van der Waals surface area contributed by atoms with Crippen LogP contribution in [0.2, 0.25) is 0 Å². The van der Waals surface area contributed by atoms with E-state index < -0.39 is 0 Å². The van der Waals surface area contributed by atoms with Gasteiger partial charge in [-0.1, -0.05) is 0 Å². The molecule has 1 unspecified atom stereocenters. The number of amides is 2. The van der Waals surface area contributed by atoms with Gasteiger partial charge in [0.25, 0.3) is 5.91 Å². The van der Waals surface area contributed by atoms with E-state index in [1.165, 1.54) is 21.1 Å². The Bertz CT molecular complexity index is 618. The molecule has 1 aromatic rings. The molecule has 1 atom stereocenters. The van der Waals surface area contributed by atoms with E-state index in [4.69, 9.17) is 9.47 Å². The number of carbonyl (C=O) groups excluding carboxylic acids is 2. The van der Waals surface area contributed by atoms with Crippen LogP contribution in [0.5, 0.6) is 11.5 Å². The largest absolute Gasteiger partial charge is 0.493 e. The second-order valence-corrected chi connectivity index (χ2v) is 5.79. The number of carbonyl (C=O) groups is 2. The fourth-order valence-electron chi connectivity index (χ4n) is 3.09. The molecule has 2 N–H and O–H groups in total. The third-order valence-corrected chi connectivity index (χ3v) is 4.11. The van der Waals surface area contributed by atoms with Crippen molar-refractivity contribution in [3.05, 3.63) is 17.7 Å². The summed E-state index contributed by atoms with van der Waals surface area (Å²) in [4.78, 5) is 26.2. The predicted molar refractivity (Wildman–Crippen MR) is 91.8 cm³/mol. The highest BCUT2D eigenvalue weighted by molar-refractivity contribution is 5.99. The van der Waals surface area contributed by atoms with Crippen LogP contribution in [-0.4, -0.2) is 57.1 Å². The average Bonchev–Trinajstić information content (AvgIpc) is 3.01. The highest BCUT2D eigenvalue weighted by Gasteiger charge is 2.30. The summed E-state index contributed by atoms with van der Waals surface area (Å²) in [5.41, 5.74) is 0.900. The lowest BCUT2D eigenvalue weighted by Gasteiger charge is -2.25. The second kappa shape index (κ2) is 8.01. The summed E-state index contributed by atoms with van der Waals surface area (Å²) in [7, 11) is 4.88. The molecule has 24 heavy (non-hydrogen) atoms. The summed E-state index contributed by atoms with van der Waals surface area (Å²) in [5.74, 6) is 0.503. The zero-order chi connectivity index (χ0) is 17.7. The maximum Gasteiger partial charge on any atom is 0.254 e. The number of rotatable bonds is 6. The van der Waals surface area contributed by atoms with Gasteiger partial charge in [-0.15, -0.1) is 0 Å². The number of nitrogens with one attached hydrogen (secondary N) is 2. The topological polar surface area (TPSA) is 79.9 Å². The minimum absolute atomic E-state index is 0.0692. The van der Waals surface area contributed by atoms with E-state index in [9.17, 15) is 9.59 Å². The quantitative estimate of drug-likeness (QED) is 0.823. The first-order valence-electron chi connectivity index (χ1n) is 8.01. The molecule has 0 aliphatic carbocycles. The van der Waals surface area contributed by atoms with Gasteiger partial charge in [0, 0.05) is 31.6 Å². The van der Waals surface area contributed by atoms with Crippen LogP contribution in [0.4, 0.5) is 5.69 Å². The lowest BCUT2D eigenvalue weighted by atomic mass is 10.1. The molecule has 1 aliphatic heterocycles. The Kier molecular flexibility index (Phi) is 6.03. The SMILES string of the molecule is CNCC1CCCN1C(=O)c1cc(NC(C)=O)c(OC)c(OC)c1. The summed E-state index contributed by atoms with van der Waals surface area (Å²) in [5, 5.41) is 5.82. The number of likely N-dealkylation sites (N-methyl/N-ethyl adjacent to an activating group) is 1. The molecule has 0 saturated carbocycles. The molecule has 1 aromatic carbocycles. The molecular weight excluding hydrogens is 310 g/mol. The van der Waals surface area contributed by atoms with Gasteiger partial charge in [0.1, 0.15) is 0 Å². The van der Waals surface area contributed by atoms with Crippen LogP contribution in [0, 0.1) is 0 Å². The highest BCUT2D eigenvalue weighted by Crippen LogP contribution is 2.37. The van der Waals surface area contributed by atoms with Crippen molar-refractivity contribution in [1.82, 2.24) is 10.2 Å². The van der Waals surface area contributed by atoms with Crippen LogP contribution in [0.15, 0.2) is 12.1 Å². The minimum Gasteiger partial charge on any atom is -0.493 e. The molecule has 1 saturated heterocycles. The highest BCUT2D eigenvalue weighted by atomic mass is 16.5. The molecule has 2 amide bonds. The summed E-state index contributed by atoms with van der Waals surface area (Å²) in [6.45, 7) is 2.90. The fraction of sp³-hybridized carbons (Fsp3) is 0.529. The maximum absolute atomic E-state index is 12.9. The third-order valence-electron chi connectivity index (χ3n) is 4.11. The monoisotopic (exact) mass is 335 g/mol. The van der Waals surface area contributed by atoms with Crippen molar-refractivity contribution in [2.24, 2.45) is 0 Å². The molecule has 132 valence electrons. The Balaban J connectivity index is 2.38. The van der Waals surface area contributed by atoms with Crippen LogP contribution in [0.3, 0.4) is 0 Å². The molecule has 1 fully saturated rings. The molecular formula is C17H25N3O4. The Morgan fingerprint density at radius 2 is 2.04 bits per heavy atom. The summed E-state index contributed by atoms with van der Waals surface area (Å²) < 4.78 is 10.6. The Morgan fingerprint density at radius 3 is 2.62 bits per heavy atom. The van der Waals surface area contributed by atoms with Crippen molar-refractivity contribution in [2.45, 2.75) is 25.8 Å². The summed E-state index contributed by atoms with van der Waals surface area (Å²) in [6, 6.07) is 3.47. The number of anilines is 1. The second-order valence-electron chi connectivity index (χ2n) is 5.79. The molecule has 7 nitrogen and oxygen atoms in total. The van der Waals surface area contributed by atoms with Gasteiger partial charge < -0.3 is 25.0 Å². The van der Waals surface area contributed by atoms with E-state index in [2.05, 4.69) is 10.6 Å². The van der Waals surface area contributed by atoms with E-state index in [0.717, 1.165) is 25.9 Å². The molecule has 7 heteroatoms. The first kappa shape index (κ1) is 18.1. The first-order chi connectivity index (χ1) is 11.5. The lowest BCUT2D eigenvalue weighted by Crippen LogP contribution is -2.40. The number of hydrogen-bond acceptors (Lipinski definition) is 5. The normalized spacial score (nSPS) is 16.8. The van der Waals surface area contributed by atoms with Gasteiger partial charge in [0.05, 0.1) is 19.9 Å². The van der Waals surface area contributed by atoms with E-state index >= 15 is 0 Å². The van der Waals surface area contributed by atoms with Crippen molar-refractivity contribution in [2.75, 3.05) is 39.7 Å². The molecule has 0 radical (unpaired) electrons.